The highest BCUT2D eigenvalue weighted by molar-refractivity contribution is 6.13. The zero-order valence-corrected chi connectivity index (χ0v) is 13.6. The minimum Gasteiger partial charge on any atom is -0.273 e. The van der Waals surface area contributed by atoms with E-state index in [1.165, 1.54) is 5.56 Å². The van der Waals surface area contributed by atoms with Crippen LogP contribution in [0.3, 0.4) is 0 Å². The van der Waals surface area contributed by atoms with E-state index in [0.717, 1.165) is 16.8 Å². The predicted molar refractivity (Wildman–Crippen MR) is 98.0 cm³/mol. The summed E-state index contributed by atoms with van der Waals surface area (Å²) in [6, 6.07) is 31.2. The maximum Gasteiger partial charge on any atom is 0.0808 e. The summed E-state index contributed by atoms with van der Waals surface area (Å²) in [4.78, 5) is 5.14. The molecule has 0 aliphatic heterocycles. The first-order valence-electron chi connectivity index (χ1n) is 7.93. The number of hydrogen-bond donors (Lipinski definition) is 0. The molecule has 0 saturated carbocycles. The largest absolute Gasteiger partial charge is 0.273 e. The van der Waals surface area contributed by atoms with Crippen LogP contribution in [0.25, 0.3) is 0 Å². The van der Waals surface area contributed by atoms with Gasteiger partial charge in [-0.15, -0.1) is 0 Å². The molecule has 0 bridgehead atoms. The lowest BCUT2D eigenvalue weighted by Crippen LogP contribution is -2.18. The van der Waals surface area contributed by atoms with Crippen LogP contribution in [0.15, 0.2) is 96.0 Å². The van der Waals surface area contributed by atoms with Gasteiger partial charge in [0.05, 0.1) is 11.3 Å². The van der Waals surface area contributed by atoms with Gasteiger partial charge in [0, 0.05) is 11.1 Å². The molecule has 0 spiro atoms. The Balaban J connectivity index is 2.12. The van der Waals surface area contributed by atoms with Gasteiger partial charge >= 0.3 is 0 Å². The average Bonchev–Trinajstić information content (AvgIpc) is 2.62. The van der Waals surface area contributed by atoms with Gasteiger partial charge in [0.15, 0.2) is 0 Å². The molecule has 0 aliphatic carbocycles. The summed E-state index contributed by atoms with van der Waals surface area (Å²) in [7, 11) is 0. The monoisotopic (exact) mass is 299 g/mol. The van der Waals surface area contributed by atoms with Gasteiger partial charge < -0.3 is 0 Å². The Labute approximate surface area is 138 Å². The summed E-state index contributed by atoms with van der Waals surface area (Å²) in [6.45, 7) is 4.32. The first kappa shape index (κ1) is 15.2. The van der Waals surface area contributed by atoms with E-state index in [4.69, 9.17) is 4.99 Å². The number of rotatable bonds is 4. The van der Waals surface area contributed by atoms with E-state index in [1.807, 2.05) is 18.2 Å². The summed E-state index contributed by atoms with van der Waals surface area (Å²) in [5.74, 6) is 0. The second kappa shape index (κ2) is 6.62. The molecule has 23 heavy (non-hydrogen) atoms. The standard InChI is InChI=1S/C22H21N/c1-22(2,20-16-10-5-11-17-20)23-21(18-12-6-3-7-13-18)19-14-8-4-9-15-19/h3-17H,1-2H3. The maximum absolute atomic E-state index is 5.14. The van der Waals surface area contributed by atoms with Gasteiger partial charge in [-0.3, -0.25) is 4.99 Å². The van der Waals surface area contributed by atoms with Crippen molar-refractivity contribution in [2.45, 2.75) is 19.4 Å². The zero-order chi connectivity index (χ0) is 16.1. The van der Waals surface area contributed by atoms with Crippen molar-refractivity contribution >= 4 is 5.71 Å². The second-order valence-corrected chi connectivity index (χ2v) is 6.12. The third-order valence-electron chi connectivity index (χ3n) is 3.97. The third kappa shape index (κ3) is 3.57. The molecule has 114 valence electrons. The molecule has 0 heterocycles. The van der Waals surface area contributed by atoms with Gasteiger partial charge in [-0.1, -0.05) is 91.0 Å². The average molecular weight is 299 g/mol. The summed E-state index contributed by atoms with van der Waals surface area (Å²) in [5.41, 5.74) is 4.23. The molecule has 0 atom stereocenters. The lowest BCUT2D eigenvalue weighted by atomic mass is 9.93. The first-order chi connectivity index (χ1) is 11.2. The van der Waals surface area contributed by atoms with Gasteiger partial charge in [-0.25, -0.2) is 0 Å². The van der Waals surface area contributed by atoms with Crippen molar-refractivity contribution in [1.29, 1.82) is 0 Å². The van der Waals surface area contributed by atoms with Crippen LogP contribution in [0.2, 0.25) is 0 Å². The maximum atomic E-state index is 5.14. The van der Waals surface area contributed by atoms with Gasteiger partial charge in [-0.05, 0) is 19.4 Å². The molecule has 0 aliphatic rings. The fraction of sp³-hybridized carbons (Fsp3) is 0.136. The van der Waals surface area contributed by atoms with Crippen molar-refractivity contribution in [1.82, 2.24) is 0 Å². The normalized spacial score (nSPS) is 11.0. The lowest BCUT2D eigenvalue weighted by Gasteiger charge is -2.23. The highest BCUT2D eigenvalue weighted by Gasteiger charge is 2.21. The SMILES string of the molecule is CC(C)(N=C(c1ccccc1)c1ccccc1)c1ccccc1. The minimum atomic E-state index is -0.289. The summed E-state index contributed by atoms with van der Waals surface area (Å²) in [5, 5.41) is 0. The molecule has 0 fully saturated rings. The predicted octanol–water partition coefficient (Wildman–Crippen LogP) is 5.46. The molecule has 0 amide bonds. The van der Waals surface area contributed by atoms with Crippen molar-refractivity contribution in [3.8, 4) is 0 Å². The Morgan fingerprint density at radius 3 is 1.43 bits per heavy atom. The highest BCUT2D eigenvalue weighted by Crippen LogP contribution is 2.27. The van der Waals surface area contributed by atoms with E-state index < -0.39 is 0 Å². The minimum absolute atomic E-state index is 0.289. The molecule has 3 aromatic rings. The Bertz CT molecular complexity index is 730. The van der Waals surface area contributed by atoms with E-state index in [2.05, 4.69) is 86.6 Å². The molecule has 3 aromatic carbocycles. The Morgan fingerprint density at radius 2 is 1.00 bits per heavy atom. The number of benzene rings is 3. The lowest BCUT2D eigenvalue weighted by molar-refractivity contribution is 0.559. The van der Waals surface area contributed by atoms with E-state index in [-0.39, 0.29) is 5.54 Å². The van der Waals surface area contributed by atoms with Gasteiger partial charge in [0.25, 0.3) is 0 Å². The molecule has 0 aromatic heterocycles. The molecular formula is C22H21N. The molecule has 3 rings (SSSR count). The van der Waals surface area contributed by atoms with E-state index >= 15 is 0 Å². The summed E-state index contributed by atoms with van der Waals surface area (Å²) in [6.07, 6.45) is 0. The third-order valence-corrected chi connectivity index (χ3v) is 3.97. The van der Waals surface area contributed by atoms with Gasteiger partial charge in [0.1, 0.15) is 0 Å². The molecule has 0 radical (unpaired) electrons. The van der Waals surface area contributed by atoms with Gasteiger partial charge in [0.2, 0.25) is 0 Å². The number of aliphatic imine (C=N–C) groups is 1. The van der Waals surface area contributed by atoms with Crippen molar-refractivity contribution in [3.05, 3.63) is 108 Å². The van der Waals surface area contributed by atoms with E-state index in [9.17, 15) is 0 Å². The van der Waals surface area contributed by atoms with Crippen LogP contribution >= 0.6 is 0 Å². The van der Waals surface area contributed by atoms with E-state index in [1.54, 1.807) is 0 Å². The molecular weight excluding hydrogens is 278 g/mol. The zero-order valence-electron chi connectivity index (χ0n) is 13.6. The summed E-state index contributed by atoms with van der Waals surface area (Å²) >= 11 is 0. The van der Waals surface area contributed by atoms with Crippen LogP contribution in [0.4, 0.5) is 0 Å². The number of nitrogens with zero attached hydrogens (tertiary/aromatic N) is 1. The van der Waals surface area contributed by atoms with Crippen LogP contribution in [0, 0.1) is 0 Å². The smallest absolute Gasteiger partial charge is 0.0808 e. The van der Waals surface area contributed by atoms with Crippen LogP contribution in [0.5, 0.6) is 0 Å². The number of hydrogen-bond acceptors (Lipinski definition) is 1. The molecule has 0 unspecified atom stereocenters. The van der Waals surface area contributed by atoms with Crippen LogP contribution in [-0.2, 0) is 5.54 Å². The highest BCUT2D eigenvalue weighted by atomic mass is 14.9. The van der Waals surface area contributed by atoms with Crippen molar-refractivity contribution < 1.29 is 0 Å². The topological polar surface area (TPSA) is 12.4 Å². The van der Waals surface area contributed by atoms with Crippen LogP contribution < -0.4 is 0 Å². The summed E-state index contributed by atoms with van der Waals surface area (Å²) < 4.78 is 0. The van der Waals surface area contributed by atoms with Crippen molar-refractivity contribution in [3.63, 3.8) is 0 Å². The quantitative estimate of drug-likeness (QED) is 0.567. The van der Waals surface area contributed by atoms with Crippen molar-refractivity contribution in [2.24, 2.45) is 4.99 Å². The van der Waals surface area contributed by atoms with Crippen molar-refractivity contribution in [2.75, 3.05) is 0 Å². The van der Waals surface area contributed by atoms with E-state index in [0.29, 0.717) is 0 Å². The van der Waals surface area contributed by atoms with Crippen LogP contribution in [0.1, 0.15) is 30.5 Å². The molecule has 1 nitrogen and oxygen atoms in total. The second-order valence-electron chi connectivity index (χ2n) is 6.12. The Morgan fingerprint density at radius 1 is 0.609 bits per heavy atom. The van der Waals surface area contributed by atoms with Crippen LogP contribution in [-0.4, -0.2) is 5.71 Å². The first-order valence-corrected chi connectivity index (χ1v) is 7.93. The molecule has 0 saturated heterocycles. The molecule has 0 N–H and O–H groups in total. The Hall–Kier alpha value is -2.67. The van der Waals surface area contributed by atoms with Gasteiger partial charge in [-0.2, -0.15) is 0 Å². The Kier molecular flexibility index (Phi) is 4.38. The molecule has 1 heteroatoms. The fourth-order valence-electron chi connectivity index (χ4n) is 2.68. The fourth-order valence-corrected chi connectivity index (χ4v) is 2.68.